The Morgan fingerprint density at radius 2 is 1.86 bits per heavy atom. The van der Waals surface area contributed by atoms with Crippen molar-refractivity contribution in [3.8, 4) is 11.4 Å². The van der Waals surface area contributed by atoms with Gasteiger partial charge in [-0.05, 0) is 38.1 Å². The number of aromatic nitrogens is 2. The van der Waals surface area contributed by atoms with Gasteiger partial charge in [-0.25, -0.2) is 4.39 Å². The van der Waals surface area contributed by atoms with Gasteiger partial charge in [0.1, 0.15) is 5.82 Å². The van der Waals surface area contributed by atoms with Crippen LogP contribution in [0, 0.1) is 5.82 Å². The molecule has 1 aromatic carbocycles. The van der Waals surface area contributed by atoms with E-state index in [9.17, 15) is 4.39 Å². The molecule has 0 aliphatic carbocycles. The molecular formula is C15H20ClFN4O. The molecule has 1 aliphatic rings. The van der Waals surface area contributed by atoms with Crippen LogP contribution in [0.1, 0.15) is 19.7 Å². The van der Waals surface area contributed by atoms with Crippen molar-refractivity contribution in [2.75, 3.05) is 13.1 Å². The lowest BCUT2D eigenvalue weighted by molar-refractivity contribution is 0.149. The summed E-state index contributed by atoms with van der Waals surface area (Å²) in [5.41, 5.74) is 0.758. The molecular weight excluding hydrogens is 307 g/mol. The predicted molar refractivity (Wildman–Crippen MR) is 84.3 cm³/mol. The maximum atomic E-state index is 12.9. The molecule has 2 aromatic rings. The van der Waals surface area contributed by atoms with E-state index in [2.05, 4.69) is 34.2 Å². The quantitative estimate of drug-likeness (QED) is 0.939. The highest BCUT2D eigenvalue weighted by molar-refractivity contribution is 5.85. The molecule has 1 aliphatic heterocycles. The molecule has 0 amide bonds. The van der Waals surface area contributed by atoms with Crippen LogP contribution in [0.2, 0.25) is 0 Å². The van der Waals surface area contributed by atoms with Gasteiger partial charge in [-0.2, -0.15) is 4.98 Å². The molecule has 0 saturated carbocycles. The lowest BCUT2D eigenvalue weighted by atomic mass is 10.1. The Balaban J connectivity index is 0.00000176. The normalized spacial score (nSPS) is 22.3. The number of nitrogens with zero attached hydrogens (tertiary/aromatic N) is 3. The first-order chi connectivity index (χ1) is 10.1. The SMILES string of the molecule is CC1CN(Cc2nc(-c3ccc(F)cc3)no2)CC(C)N1.Cl. The van der Waals surface area contributed by atoms with Gasteiger partial charge in [0.25, 0.3) is 0 Å². The Labute approximate surface area is 135 Å². The molecule has 3 rings (SSSR count). The van der Waals surface area contributed by atoms with Crippen LogP contribution in [0.5, 0.6) is 0 Å². The van der Waals surface area contributed by atoms with Crippen LogP contribution in [0.4, 0.5) is 4.39 Å². The first kappa shape index (κ1) is 16.9. The zero-order valence-electron chi connectivity index (χ0n) is 12.6. The van der Waals surface area contributed by atoms with E-state index in [0.29, 0.717) is 30.3 Å². The second kappa shape index (κ2) is 7.17. The van der Waals surface area contributed by atoms with Gasteiger partial charge in [-0.1, -0.05) is 5.16 Å². The predicted octanol–water partition coefficient (Wildman–Crippen LogP) is 2.48. The molecule has 2 atom stereocenters. The summed E-state index contributed by atoms with van der Waals surface area (Å²) in [6.07, 6.45) is 0. The monoisotopic (exact) mass is 326 g/mol. The Morgan fingerprint density at radius 3 is 2.50 bits per heavy atom. The fourth-order valence-corrected chi connectivity index (χ4v) is 2.80. The highest BCUT2D eigenvalue weighted by Crippen LogP contribution is 2.17. The summed E-state index contributed by atoms with van der Waals surface area (Å²) in [6.45, 7) is 6.89. The van der Waals surface area contributed by atoms with Crippen LogP contribution in [0.3, 0.4) is 0 Å². The molecule has 0 radical (unpaired) electrons. The zero-order chi connectivity index (χ0) is 14.8. The van der Waals surface area contributed by atoms with Crippen LogP contribution in [-0.2, 0) is 6.54 Å². The number of halogens is 2. The summed E-state index contributed by atoms with van der Waals surface area (Å²) in [4.78, 5) is 6.69. The highest BCUT2D eigenvalue weighted by Gasteiger charge is 2.22. The van der Waals surface area contributed by atoms with Gasteiger partial charge in [0.2, 0.25) is 11.7 Å². The zero-order valence-corrected chi connectivity index (χ0v) is 13.4. The Kier molecular flexibility index (Phi) is 5.50. The van der Waals surface area contributed by atoms with Gasteiger partial charge in [0, 0.05) is 30.7 Å². The Morgan fingerprint density at radius 1 is 1.23 bits per heavy atom. The molecule has 1 fully saturated rings. The van der Waals surface area contributed by atoms with Crippen molar-refractivity contribution in [2.45, 2.75) is 32.5 Å². The average molecular weight is 327 g/mol. The largest absolute Gasteiger partial charge is 0.338 e. The van der Waals surface area contributed by atoms with Crippen LogP contribution >= 0.6 is 12.4 Å². The van der Waals surface area contributed by atoms with Crippen LogP contribution in [0.15, 0.2) is 28.8 Å². The van der Waals surface area contributed by atoms with E-state index in [0.717, 1.165) is 18.7 Å². The van der Waals surface area contributed by atoms with Crippen molar-refractivity contribution in [1.82, 2.24) is 20.4 Å². The van der Waals surface area contributed by atoms with E-state index in [-0.39, 0.29) is 18.2 Å². The van der Waals surface area contributed by atoms with Crippen molar-refractivity contribution >= 4 is 12.4 Å². The molecule has 7 heteroatoms. The third-order valence-electron chi connectivity index (χ3n) is 3.56. The molecule has 120 valence electrons. The topological polar surface area (TPSA) is 54.2 Å². The fraction of sp³-hybridized carbons (Fsp3) is 0.467. The number of benzene rings is 1. The van der Waals surface area contributed by atoms with Gasteiger partial charge < -0.3 is 9.84 Å². The molecule has 2 unspecified atom stereocenters. The van der Waals surface area contributed by atoms with E-state index in [1.54, 1.807) is 12.1 Å². The molecule has 1 N–H and O–H groups in total. The maximum absolute atomic E-state index is 12.9. The van der Waals surface area contributed by atoms with Crippen molar-refractivity contribution in [3.63, 3.8) is 0 Å². The first-order valence-corrected chi connectivity index (χ1v) is 7.17. The third-order valence-corrected chi connectivity index (χ3v) is 3.56. The summed E-state index contributed by atoms with van der Waals surface area (Å²) in [7, 11) is 0. The Hall–Kier alpha value is -1.50. The number of nitrogens with one attached hydrogen (secondary N) is 1. The van der Waals surface area contributed by atoms with Gasteiger partial charge in [-0.15, -0.1) is 12.4 Å². The highest BCUT2D eigenvalue weighted by atomic mass is 35.5. The van der Waals surface area contributed by atoms with E-state index >= 15 is 0 Å². The second-order valence-electron chi connectivity index (χ2n) is 5.68. The van der Waals surface area contributed by atoms with Crippen molar-refractivity contribution in [3.05, 3.63) is 36.0 Å². The van der Waals surface area contributed by atoms with E-state index in [1.807, 2.05) is 0 Å². The molecule has 5 nitrogen and oxygen atoms in total. The lowest BCUT2D eigenvalue weighted by Gasteiger charge is -2.35. The average Bonchev–Trinajstić information content (AvgIpc) is 2.87. The standard InChI is InChI=1S/C15H19FN4O.ClH/c1-10-7-20(8-11(2)17-10)9-14-18-15(19-21-14)12-3-5-13(16)6-4-12;/h3-6,10-11,17H,7-9H2,1-2H3;1H. The Bertz CT molecular complexity index is 594. The first-order valence-electron chi connectivity index (χ1n) is 7.17. The van der Waals surface area contributed by atoms with Crippen molar-refractivity contribution < 1.29 is 8.91 Å². The van der Waals surface area contributed by atoms with Crippen molar-refractivity contribution in [1.29, 1.82) is 0 Å². The van der Waals surface area contributed by atoms with E-state index in [4.69, 9.17) is 4.52 Å². The number of rotatable bonds is 3. The molecule has 22 heavy (non-hydrogen) atoms. The van der Waals surface area contributed by atoms with Gasteiger partial charge >= 0.3 is 0 Å². The van der Waals surface area contributed by atoms with E-state index < -0.39 is 0 Å². The van der Waals surface area contributed by atoms with Crippen molar-refractivity contribution in [2.24, 2.45) is 0 Å². The third kappa shape index (κ3) is 4.03. The summed E-state index contributed by atoms with van der Waals surface area (Å²) in [6, 6.07) is 7.00. The second-order valence-corrected chi connectivity index (χ2v) is 5.68. The number of hydrogen-bond acceptors (Lipinski definition) is 5. The molecule has 1 saturated heterocycles. The van der Waals surface area contributed by atoms with Crippen LogP contribution in [-0.4, -0.2) is 40.2 Å². The summed E-state index contributed by atoms with van der Waals surface area (Å²) in [5, 5.41) is 7.46. The van der Waals surface area contributed by atoms with Gasteiger partial charge in [0.15, 0.2) is 0 Å². The number of piperazine rings is 1. The number of hydrogen-bond donors (Lipinski definition) is 1. The van der Waals surface area contributed by atoms with Gasteiger partial charge in [0.05, 0.1) is 6.54 Å². The summed E-state index contributed by atoms with van der Waals surface area (Å²) in [5.74, 6) is 0.822. The maximum Gasteiger partial charge on any atom is 0.241 e. The minimum absolute atomic E-state index is 0. The molecule has 0 bridgehead atoms. The molecule has 2 heterocycles. The van der Waals surface area contributed by atoms with E-state index in [1.165, 1.54) is 12.1 Å². The molecule has 1 aromatic heterocycles. The van der Waals surface area contributed by atoms with Crippen LogP contribution < -0.4 is 5.32 Å². The lowest BCUT2D eigenvalue weighted by Crippen LogP contribution is -2.53. The summed E-state index contributed by atoms with van der Waals surface area (Å²) < 4.78 is 18.2. The van der Waals surface area contributed by atoms with Gasteiger partial charge in [-0.3, -0.25) is 4.90 Å². The fourth-order valence-electron chi connectivity index (χ4n) is 2.80. The van der Waals surface area contributed by atoms with Crippen LogP contribution in [0.25, 0.3) is 11.4 Å². The minimum atomic E-state index is -0.272. The summed E-state index contributed by atoms with van der Waals surface area (Å²) >= 11 is 0. The smallest absolute Gasteiger partial charge is 0.241 e. The molecule has 0 spiro atoms. The minimum Gasteiger partial charge on any atom is -0.338 e.